The number of nitrogens with one attached hydrogen (secondary N) is 1. The van der Waals surface area contributed by atoms with Gasteiger partial charge in [-0.25, -0.2) is 4.39 Å². The predicted molar refractivity (Wildman–Crippen MR) is 117 cm³/mol. The summed E-state index contributed by atoms with van der Waals surface area (Å²) in [5.74, 6) is -0.321. The van der Waals surface area contributed by atoms with Gasteiger partial charge in [0, 0.05) is 29.8 Å². The van der Waals surface area contributed by atoms with Crippen LogP contribution in [-0.2, 0) is 17.8 Å². The highest BCUT2D eigenvalue weighted by molar-refractivity contribution is 6.14. The van der Waals surface area contributed by atoms with Crippen molar-refractivity contribution in [1.29, 1.82) is 0 Å². The third-order valence-electron chi connectivity index (χ3n) is 5.68. The van der Waals surface area contributed by atoms with Gasteiger partial charge in [-0.3, -0.25) is 14.5 Å². The molecule has 0 aliphatic carbocycles. The summed E-state index contributed by atoms with van der Waals surface area (Å²) in [6.45, 7) is 1.99. The van der Waals surface area contributed by atoms with E-state index in [1.165, 1.54) is 29.2 Å². The van der Waals surface area contributed by atoms with Gasteiger partial charge in [0.2, 0.25) is 5.91 Å². The number of ether oxygens (including phenoxy) is 1. The molecule has 2 amide bonds. The van der Waals surface area contributed by atoms with Crippen LogP contribution in [0.1, 0.15) is 28.4 Å². The molecule has 3 aromatic rings. The van der Waals surface area contributed by atoms with E-state index in [1.807, 2.05) is 36.4 Å². The molecular formula is C25H23FN2O3. The van der Waals surface area contributed by atoms with Gasteiger partial charge in [0.05, 0.1) is 7.11 Å². The second-order valence-corrected chi connectivity index (χ2v) is 7.72. The predicted octanol–water partition coefficient (Wildman–Crippen LogP) is 4.11. The van der Waals surface area contributed by atoms with Gasteiger partial charge in [0.1, 0.15) is 17.1 Å². The van der Waals surface area contributed by atoms with Crippen LogP contribution in [-0.4, -0.2) is 24.5 Å². The fourth-order valence-corrected chi connectivity index (χ4v) is 4.07. The molecule has 0 unspecified atom stereocenters. The van der Waals surface area contributed by atoms with E-state index in [0.29, 0.717) is 23.4 Å². The van der Waals surface area contributed by atoms with Crippen LogP contribution in [0.5, 0.6) is 5.75 Å². The van der Waals surface area contributed by atoms with E-state index < -0.39 is 11.4 Å². The molecule has 0 bridgehead atoms. The van der Waals surface area contributed by atoms with E-state index in [9.17, 15) is 14.0 Å². The molecule has 0 aromatic heterocycles. The third-order valence-corrected chi connectivity index (χ3v) is 5.68. The molecule has 1 atom stereocenters. The van der Waals surface area contributed by atoms with Crippen molar-refractivity contribution in [3.8, 4) is 5.75 Å². The van der Waals surface area contributed by atoms with Crippen LogP contribution in [0.2, 0.25) is 0 Å². The second-order valence-electron chi connectivity index (χ2n) is 7.72. The van der Waals surface area contributed by atoms with Crippen molar-refractivity contribution in [2.24, 2.45) is 0 Å². The highest BCUT2D eigenvalue weighted by Gasteiger charge is 2.47. The van der Waals surface area contributed by atoms with Gasteiger partial charge in [0.25, 0.3) is 5.91 Å². The lowest BCUT2D eigenvalue weighted by molar-refractivity contribution is -0.126. The Morgan fingerprint density at radius 3 is 2.48 bits per heavy atom. The van der Waals surface area contributed by atoms with Crippen LogP contribution in [0.25, 0.3) is 0 Å². The first kappa shape index (κ1) is 20.6. The second kappa shape index (κ2) is 8.22. The molecule has 0 saturated carbocycles. The minimum absolute atomic E-state index is 0.255. The van der Waals surface area contributed by atoms with Crippen molar-refractivity contribution < 1.29 is 18.7 Å². The molecule has 0 spiro atoms. The molecule has 1 N–H and O–H groups in total. The van der Waals surface area contributed by atoms with Crippen molar-refractivity contribution in [3.63, 3.8) is 0 Å². The molecule has 5 nitrogen and oxygen atoms in total. The lowest BCUT2D eigenvalue weighted by atomic mass is 9.82. The average molecular weight is 418 g/mol. The van der Waals surface area contributed by atoms with Gasteiger partial charge in [-0.15, -0.1) is 0 Å². The SMILES string of the molecule is COc1ccccc1CNC(=O)[C@]1(C)Cc2ccccc2C(=O)N1c1ccc(F)cc1. The first-order valence-corrected chi connectivity index (χ1v) is 10.0. The van der Waals surface area contributed by atoms with E-state index >= 15 is 0 Å². The molecule has 4 rings (SSSR count). The van der Waals surface area contributed by atoms with Crippen LogP contribution >= 0.6 is 0 Å². The number of nitrogens with zero attached hydrogens (tertiary/aromatic N) is 1. The number of amides is 2. The molecule has 0 fully saturated rings. The number of anilines is 1. The topological polar surface area (TPSA) is 58.6 Å². The maximum atomic E-state index is 13.5. The third kappa shape index (κ3) is 3.77. The van der Waals surface area contributed by atoms with E-state index in [-0.39, 0.29) is 18.4 Å². The number of hydrogen-bond acceptors (Lipinski definition) is 3. The molecule has 158 valence electrons. The number of halogens is 1. The highest BCUT2D eigenvalue weighted by atomic mass is 19.1. The molecular weight excluding hydrogens is 395 g/mol. The fourth-order valence-electron chi connectivity index (χ4n) is 4.07. The van der Waals surface area contributed by atoms with Gasteiger partial charge in [0.15, 0.2) is 0 Å². The van der Waals surface area contributed by atoms with Crippen molar-refractivity contribution in [3.05, 3.63) is 95.3 Å². The zero-order chi connectivity index (χ0) is 22.0. The number of carbonyl (C=O) groups is 2. The summed E-state index contributed by atoms with van der Waals surface area (Å²) in [4.78, 5) is 28.4. The Hall–Kier alpha value is -3.67. The Kier molecular flexibility index (Phi) is 5.46. The number of para-hydroxylation sites is 1. The number of rotatable bonds is 5. The number of hydrogen-bond donors (Lipinski definition) is 1. The molecule has 31 heavy (non-hydrogen) atoms. The maximum absolute atomic E-state index is 13.5. The number of carbonyl (C=O) groups excluding carboxylic acids is 2. The van der Waals surface area contributed by atoms with Crippen LogP contribution in [0.3, 0.4) is 0 Å². The number of benzene rings is 3. The summed E-state index contributed by atoms with van der Waals surface area (Å²) in [5.41, 5.74) is 1.46. The van der Waals surface area contributed by atoms with Gasteiger partial charge in [-0.05, 0) is 48.9 Å². The molecule has 0 saturated heterocycles. The van der Waals surface area contributed by atoms with Gasteiger partial charge in [-0.2, -0.15) is 0 Å². The summed E-state index contributed by atoms with van der Waals surface area (Å²) in [6.07, 6.45) is 0.337. The lowest BCUT2D eigenvalue weighted by Crippen LogP contribution is -2.63. The van der Waals surface area contributed by atoms with E-state index in [4.69, 9.17) is 4.74 Å². The van der Waals surface area contributed by atoms with Crippen molar-refractivity contribution in [2.75, 3.05) is 12.0 Å². The van der Waals surface area contributed by atoms with Crippen molar-refractivity contribution >= 4 is 17.5 Å². The highest BCUT2D eigenvalue weighted by Crippen LogP contribution is 2.35. The van der Waals surface area contributed by atoms with Gasteiger partial charge in [-0.1, -0.05) is 36.4 Å². The zero-order valence-corrected chi connectivity index (χ0v) is 17.4. The summed E-state index contributed by atoms with van der Waals surface area (Å²) < 4.78 is 18.9. The van der Waals surface area contributed by atoms with Crippen LogP contribution in [0.4, 0.5) is 10.1 Å². The van der Waals surface area contributed by atoms with Crippen molar-refractivity contribution in [2.45, 2.75) is 25.4 Å². The monoisotopic (exact) mass is 418 g/mol. The molecule has 1 heterocycles. The molecule has 3 aromatic carbocycles. The van der Waals surface area contributed by atoms with E-state index in [1.54, 1.807) is 26.2 Å². The van der Waals surface area contributed by atoms with Gasteiger partial charge >= 0.3 is 0 Å². The maximum Gasteiger partial charge on any atom is 0.259 e. The normalized spacial score (nSPS) is 17.8. The van der Waals surface area contributed by atoms with Crippen molar-refractivity contribution in [1.82, 2.24) is 5.32 Å². The number of fused-ring (bicyclic) bond motifs is 1. The average Bonchev–Trinajstić information content (AvgIpc) is 2.79. The smallest absolute Gasteiger partial charge is 0.259 e. The summed E-state index contributed by atoms with van der Waals surface area (Å²) in [6, 6.07) is 20.3. The first-order valence-electron chi connectivity index (χ1n) is 10.0. The first-order chi connectivity index (χ1) is 14.9. The van der Waals surface area contributed by atoms with Gasteiger partial charge < -0.3 is 10.1 Å². The number of methoxy groups -OCH3 is 1. The molecule has 0 radical (unpaired) electrons. The minimum atomic E-state index is -1.19. The summed E-state index contributed by atoms with van der Waals surface area (Å²) >= 11 is 0. The Morgan fingerprint density at radius 2 is 1.74 bits per heavy atom. The summed E-state index contributed by atoms with van der Waals surface area (Å²) in [5, 5.41) is 2.96. The van der Waals surface area contributed by atoms with E-state index in [2.05, 4.69) is 5.32 Å². The fraction of sp³-hybridized carbons (Fsp3) is 0.200. The van der Waals surface area contributed by atoms with Crippen LogP contribution in [0.15, 0.2) is 72.8 Å². The minimum Gasteiger partial charge on any atom is -0.496 e. The van der Waals surface area contributed by atoms with E-state index in [0.717, 1.165) is 11.1 Å². The molecule has 1 aliphatic rings. The quantitative estimate of drug-likeness (QED) is 0.678. The standard InChI is InChI=1S/C25H23FN2O3/c1-25(24(30)27-16-18-8-4-6-10-22(18)31-2)15-17-7-3-5-9-21(17)23(29)28(25)20-13-11-19(26)12-14-20/h3-14H,15-16H2,1-2H3,(H,27,30)/t25-/m0/s1. The Labute approximate surface area is 180 Å². The Balaban J connectivity index is 1.70. The molecule has 6 heteroatoms. The lowest BCUT2D eigenvalue weighted by Gasteiger charge is -2.44. The van der Waals surface area contributed by atoms with Crippen LogP contribution in [0, 0.1) is 5.82 Å². The van der Waals surface area contributed by atoms with Crippen LogP contribution < -0.4 is 15.0 Å². The molecule has 1 aliphatic heterocycles. The largest absolute Gasteiger partial charge is 0.496 e. The Bertz CT molecular complexity index is 1130. The summed E-state index contributed by atoms with van der Waals surface area (Å²) in [7, 11) is 1.58. The Morgan fingerprint density at radius 1 is 1.06 bits per heavy atom. The zero-order valence-electron chi connectivity index (χ0n) is 17.4.